The Morgan fingerprint density at radius 3 is 1.85 bits per heavy atom. The molecule has 2 aliphatic rings. The Bertz CT molecular complexity index is 3700. The Morgan fingerprint density at radius 1 is 0.514 bits per heavy atom. The zero-order valence-electron chi connectivity index (χ0n) is 44.9. The number of hydrogen-bond donors (Lipinski definition) is 1. The van der Waals surface area contributed by atoms with Crippen molar-refractivity contribution in [1.29, 1.82) is 0 Å². The first-order valence-electron chi connectivity index (χ1n) is 27.9. The van der Waals surface area contributed by atoms with E-state index >= 15 is 0 Å². The zero-order chi connectivity index (χ0) is 52.0. The summed E-state index contributed by atoms with van der Waals surface area (Å²) in [5.41, 5.74) is 17.8. The Labute approximate surface area is 440 Å². The van der Waals surface area contributed by atoms with Gasteiger partial charge in [0.25, 0.3) is 0 Å². The second-order valence-corrected chi connectivity index (χ2v) is 21.8. The van der Waals surface area contributed by atoms with E-state index in [1.807, 2.05) is 79.0 Å². The molecule has 2 aliphatic carbocycles. The maximum absolute atomic E-state index is 12.9. The van der Waals surface area contributed by atoms with E-state index in [1.165, 1.54) is 48.8 Å². The van der Waals surface area contributed by atoms with Gasteiger partial charge in [0.15, 0.2) is 0 Å². The average molecular weight is 966 g/mol. The summed E-state index contributed by atoms with van der Waals surface area (Å²) in [4.78, 5) is 10.8. The number of rotatable bonds is 11. The molecule has 1 N–H and O–H groups in total. The van der Waals surface area contributed by atoms with Crippen molar-refractivity contribution in [3.63, 3.8) is 0 Å². The smallest absolute Gasteiger partial charge is 0.149 e. The number of para-hydroxylation sites is 1. The fourth-order valence-electron chi connectivity index (χ4n) is 11.7. The van der Waals surface area contributed by atoms with Gasteiger partial charge in [0.1, 0.15) is 11.6 Å². The molecular weight excluding hydrogens is 899 g/mol. The van der Waals surface area contributed by atoms with Crippen LogP contribution in [0.3, 0.4) is 0 Å². The van der Waals surface area contributed by atoms with E-state index in [-0.39, 0.29) is 17.1 Å². The first kappa shape index (κ1) is 44.8. The third kappa shape index (κ3) is 9.50. The van der Waals surface area contributed by atoms with E-state index in [2.05, 4.69) is 147 Å². The lowest BCUT2D eigenvalue weighted by Crippen LogP contribution is -2.11. The minimum atomic E-state index is -1.51. The predicted octanol–water partition coefficient (Wildman–Crippen LogP) is 18.9. The average Bonchev–Trinajstić information content (AvgIpc) is 4.18. The predicted molar refractivity (Wildman–Crippen MR) is 309 cm³/mol. The number of aromatic hydroxyl groups is 1. The molecule has 0 aliphatic heterocycles. The lowest BCUT2D eigenvalue weighted by atomic mass is 9.83. The van der Waals surface area contributed by atoms with Crippen LogP contribution < -0.4 is 0 Å². The van der Waals surface area contributed by atoms with Crippen molar-refractivity contribution >= 4 is 11.0 Å². The Kier molecular flexibility index (Phi) is 12.3. The van der Waals surface area contributed by atoms with Gasteiger partial charge in [-0.15, -0.1) is 0 Å². The Hall–Kier alpha value is -7.82. The second-order valence-electron chi connectivity index (χ2n) is 21.8. The number of aromatic nitrogens is 3. The van der Waals surface area contributed by atoms with Crippen molar-refractivity contribution in [2.24, 2.45) is 5.92 Å². The van der Waals surface area contributed by atoms with Gasteiger partial charge in [-0.2, -0.15) is 0 Å². The SMILES string of the molecule is [2H]C([2H])(c1ccc(-n2c(-c3cc(-c4ccccc4)cc(-c4ccccc4)c3O)nc3c(-c4cc(-c5cc(-c6ccc(C7CCCCC7)cc6)ccn5)cc(C(C)(C)C)c4)cccc32)c(-c2ccccc2)c1)C1CCCC1. The normalized spacial score (nSPS) is 15.1. The first-order chi connectivity index (χ1) is 37.0. The molecule has 0 bridgehead atoms. The van der Waals surface area contributed by atoms with Crippen LogP contribution in [0.15, 0.2) is 200 Å². The van der Waals surface area contributed by atoms with E-state index < -0.39 is 6.37 Å². The van der Waals surface area contributed by atoms with Gasteiger partial charge in [-0.3, -0.25) is 9.55 Å². The van der Waals surface area contributed by atoms with E-state index in [0.717, 1.165) is 98.2 Å². The van der Waals surface area contributed by atoms with Gasteiger partial charge in [0, 0.05) is 31.2 Å². The van der Waals surface area contributed by atoms with Crippen LogP contribution in [0, 0.1) is 5.92 Å². The molecule has 74 heavy (non-hydrogen) atoms. The third-order valence-electron chi connectivity index (χ3n) is 15.8. The highest BCUT2D eigenvalue weighted by Crippen LogP contribution is 2.46. The molecule has 0 atom stereocenters. The summed E-state index contributed by atoms with van der Waals surface area (Å²) in [5.74, 6) is 1.32. The molecule has 0 saturated heterocycles. The van der Waals surface area contributed by atoms with Crippen molar-refractivity contribution in [3.8, 4) is 89.7 Å². The molecule has 0 unspecified atom stereocenters. The highest BCUT2D eigenvalue weighted by atomic mass is 16.3. The Morgan fingerprint density at radius 2 is 1.15 bits per heavy atom. The van der Waals surface area contributed by atoms with Crippen molar-refractivity contribution in [2.75, 3.05) is 0 Å². The molecule has 4 nitrogen and oxygen atoms in total. The molecule has 4 heteroatoms. The van der Waals surface area contributed by atoms with Crippen molar-refractivity contribution in [2.45, 2.75) is 96.3 Å². The molecule has 8 aromatic carbocycles. The topological polar surface area (TPSA) is 50.9 Å². The van der Waals surface area contributed by atoms with E-state index in [4.69, 9.17) is 9.97 Å². The largest absolute Gasteiger partial charge is 0.507 e. The summed E-state index contributed by atoms with van der Waals surface area (Å²) < 4.78 is 21.4. The van der Waals surface area contributed by atoms with Crippen LogP contribution in [0.5, 0.6) is 5.75 Å². The maximum Gasteiger partial charge on any atom is 0.149 e. The minimum absolute atomic E-state index is 0.0489. The van der Waals surface area contributed by atoms with Gasteiger partial charge < -0.3 is 5.11 Å². The van der Waals surface area contributed by atoms with Crippen LogP contribution in [-0.2, 0) is 11.8 Å². The molecule has 0 amide bonds. The molecule has 2 aromatic heterocycles. The van der Waals surface area contributed by atoms with Gasteiger partial charge in [0.05, 0.1) is 28.0 Å². The van der Waals surface area contributed by atoms with Crippen LogP contribution in [0.1, 0.15) is 104 Å². The van der Waals surface area contributed by atoms with Gasteiger partial charge >= 0.3 is 0 Å². The molecule has 2 saturated carbocycles. The first-order valence-corrected chi connectivity index (χ1v) is 26.9. The van der Waals surface area contributed by atoms with Gasteiger partial charge in [-0.1, -0.05) is 205 Å². The van der Waals surface area contributed by atoms with Crippen LogP contribution in [-0.4, -0.2) is 19.6 Å². The summed E-state index contributed by atoms with van der Waals surface area (Å²) in [6, 6.07) is 67.9. The molecule has 0 radical (unpaired) electrons. The molecule has 2 fully saturated rings. The number of hydrogen-bond acceptors (Lipinski definition) is 3. The highest BCUT2D eigenvalue weighted by molar-refractivity contribution is 5.99. The van der Waals surface area contributed by atoms with Gasteiger partial charge in [-0.05, 0) is 147 Å². The molecular formula is C70H65N3O. The fourth-order valence-corrected chi connectivity index (χ4v) is 11.7. The summed E-state index contributed by atoms with van der Waals surface area (Å²) in [7, 11) is 0. The molecule has 10 aromatic rings. The van der Waals surface area contributed by atoms with E-state index in [0.29, 0.717) is 28.4 Å². The maximum atomic E-state index is 12.9. The zero-order valence-corrected chi connectivity index (χ0v) is 42.9. The van der Waals surface area contributed by atoms with Crippen LogP contribution >= 0.6 is 0 Å². The molecule has 0 spiro atoms. The van der Waals surface area contributed by atoms with Crippen LogP contribution in [0.2, 0.25) is 0 Å². The molecule has 2 heterocycles. The number of imidazole rings is 1. The fraction of sp³-hybridized carbons (Fsp3) is 0.229. The monoisotopic (exact) mass is 966 g/mol. The van der Waals surface area contributed by atoms with Crippen molar-refractivity contribution in [3.05, 3.63) is 217 Å². The molecule has 12 rings (SSSR count). The van der Waals surface area contributed by atoms with Gasteiger partial charge in [-0.25, -0.2) is 4.98 Å². The highest BCUT2D eigenvalue weighted by Gasteiger charge is 2.27. The summed E-state index contributed by atoms with van der Waals surface area (Å²) in [5, 5.41) is 12.9. The number of pyridine rings is 1. The lowest BCUT2D eigenvalue weighted by Gasteiger charge is -2.22. The Balaban J connectivity index is 1.08. The summed E-state index contributed by atoms with van der Waals surface area (Å²) in [6.07, 6.45) is 10.8. The number of nitrogens with zero attached hydrogens (tertiary/aromatic N) is 3. The number of phenols is 1. The summed E-state index contributed by atoms with van der Waals surface area (Å²) in [6.45, 7) is 6.78. The quantitative estimate of drug-likeness (QED) is 0.141. The third-order valence-corrected chi connectivity index (χ3v) is 15.8. The number of benzene rings is 8. The van der Waals surface area contributed by atoms with Crippen LogP contribution in [0.4, 0.5) is 0 Å². The second kappa shape index (κ2) is 20.2. The minimum Gasteiger partial charge on any atom is -0.507 e. The van der Waals surface area contributed by atoms with Gasteiger partial charge in [0.2, 0.25) is 0 Å². The standard InChI is InChI=1S/C70H65N3O/c1-70(2,3)59-42-57(41-58(43-59)64-46-55(37-38-71-64)52-34-32-51(33-35-52)49-21-8-4-9-22-49)60-29-18-30-66-67(60)72-69(63-45-56(50-23-10-5-11-24-50)44-62(68(63)74)54-27-14-7-15-28-54)73(66)65-36-31-48(39-47-19-16-17-20-47)40-61(65)53-25-12-6-13-26-53/h5-7,10-15,18,23-38,40-47,49,74H,4,8-9,16-17,19-22,39H2,1-3H3/i39D2. The van der Waals surface area contributed by atoms with Crippen molar-refractivity contribution in [1.82, 2.24) is 14.5 Å². The summed E-state index contributed by atoms with van der Waals surface area (Å²) >= 11 is 0. The van der Waals surface area contributed by atoms with E-state index in [1.54, 1.807) is 0 Å². The van der Waals surface area contributed by atoms with Crippen molar-refractivity contribution < 1.29 is 7.85 Å². The lowest BCUT2D eigenvalue weighted by molar-refractivity contribution is 0.443. The van der Waals surface area contributed by atoms with E-state index in [9.17, 15) is 7.85 Å². The molecule has 366 valence electrons. The number of fused-ring (bicyclic) bond motifs is 1. The number of phenolic OH excluding ortho intramolecular Hbond substituents is 1. The van der Waals surface area contributed by atoms with Crippen LogP contribution in [0.25, 0.3) is 95.0 Å².